The molecule has 2 aromatic carbocycles. The molecule has 0 aliphatic rings. The molecule has 0 saturated carbocycles. The first-order valence-corrected chi connectivity index (χ1v) is 7.21. The van der Waals surface area contributed by atoms with Crippen LogP contribution in [-0.4, -0.2) is 21.3 Å². The molecule has 0 saturated heterocycles. The maximum Gasteiger partial charge on any atom is 0.335 e. The van der Waals surface area contributed by atoms with Gasteiger partial charge in [-0.25, -0.2) is 4.79 Å². The Hall–Kier alpha value is -2.95. The third-order valence-electron chi connectivity index (χ3n) is 3.77. The number of rotatable bonds is 3. The average molecular weight is 308 g/mol. The molecule has 5 heteroatoms. The number of aromatic nitrogens is 2. The molecule has 1 aromatic heterocycles. The minimum Gasteiger partial charge on any atom is -0.478 e. The number of hydrogen-bond acceptors (Lipinski definition) is 4. The van der Waals surface area contributed by atoms with Gasteiger partial charge in [0.25, 0.3) is 0 Å². The average Bonchev–Trinajstić information content (AvgIpc) is 2.93. The van der Waals surface area contributed by atoms with Crippen LogP contribution >= 0.6 is 0 Å². The number of benzene rings is 2. The van der Waals surface area contributed by atoms with E-state index in [-0.39, 0.29) is 0 Å². The lowest BCUT2D eigenvalue weighted by molar-refractivity contribution is 0.0697. The van der Waals surface area contributed by atoms with Gasteiger partial charge in [-0.05, 0) is 54.3 Å². The van der Waals surface area contributed by atoms with E-state index in [0.29, 0.717) is 17.3 Å². The van der Waals surface area contributed by atoms with Crippen molar-refractivity contribution >= 4 is 5.97 Å². The lowest BCUT2D eigenvalue weighted by atomic mass is 9.95. The number of nitrogens with zero attached hydrogens (tertiary/aromatic N) is 2. The van der Waals surface area contributed by atoms with Crippen molar-refractivity contribution < 1.29 is 14.3 Å². The van der Waals surface area contributed by atoms with Gasteiger partial charge in [0.05, 0.1) is 5.56 Å². The van der Waals surface area contributed by atoms with Crippen LogP contribution in [0.1, 0.15) is 27.4 Å². The van der Waals surface area contributed by atoms with Crippen molar-refractivity contribution in [3.05, 3.63) is 59.0 Å². The second kappa shape index (κ2) is 5.68. The van der Waals surface area contributed by atoms with Gasteiger partial charge >= 0.3 is 5.97 Å². The van der Waals surface area contributed by atoms with Crippen LogP contribution in [0.4, 0.5) is 0 Å². The first-order chi connectivity index (χ1) is 11.0. The first kappa shape index (κ1) is 15.0. The summed E-state index contributed by atoms with van der Waals surface area (Å²) in [5.74, 6) is 0.117. The quantitative estimate of drug-likeness (QED) is 0.790. The second-order valence-electron chi connectivity index (χ2n) is 5.49. The van der Waals surface area contributed by atoms with E-state index in [4.69, 9.17) is 9.52 Å². The van der Waals surface area contributed by atoms with Crippen molar-refractivity contribution in [2.24, 2.45) is 0 Å². The van der Waals surface area contributed by atoms with Gasteiger partial charge in [-0.15, -0.1) is 10.2 Å². The Balaban J connectivity index is 2.02. The molecule has 116 valence electrons. The molecule has 3 rings (SSSR count). The monoisotopic (exact) mass is 308 g/mol. The number of aromatic carboxylic acids is 1. The van der Waals surface area contributed by atoms with E-state index in [1.807, 2.05) is 38.1 Å². The summed E-state index contributed by atoms with van der Waals surface area (Å²) >= 11 is 0. The van der Waals surface area contributed by atoms with Gasteiger partial charge in [0, 0.05) is 12.5 Å². The Morgan fingerprint density at radius 2 is 1.65 bits per heavy atom. The van der Waals surface area contributed by atoms with Crippen LogP contribution in [0.3, 0.4) is 0 Å². The van der Waals surface area contributed by atoms with Crippen molar-refractivity contribution in [3.63, 3.8) is 0 Å². The highest BCUT2D eigenvalue weighted by atomic mass is 16.4. The van der Waals surface area contributed by atoms with Crippen LogP contribution < -0.4 is 0 Å². The molecule has 5 nitrogen and oxygen atoms in total. The zero-order valence-electron chi connectivity index (χ0n) is 13.1. The van der Waals surface area contributed by atoms with Gasteiger partial charge in [-0.3, -0.25) is 0 Å². The summed E-state index contributed by atoms with van der Waals surface area (Å²) in [5, 5.41) is 17.0. The summed E-state index contributed by atoms with van der Waals surface area (Å²) in [4.78, 5) is 11.0. The van der Waals surface area contributed by atoms with Crippen molar-refractivity contribution in [1.29, 1.82) is 0 Å². The van der Waals surface area contributed by atoms with Crippen molar-refractivity contribution in [3.8, 4) is 22.6 Å². The zero-order chi connectivity index (χ0) is 16.6. The summed E-state index contributed by atoms with van der Waals surface area (Å²) in [5.41, 5.74) is 5.16. The Morgan fingerprint density at radius 1 is 0.957 bits per heavy atom. The summed E-state index contributed by atoms with van der Waals surface area (Å²) in [6.07, 6.45) is 0. The highest BCUT2D eigenvalue weighted by Gasteiger charge is 2.12. The fourth-order valence-corrected chi connectivity index (χ4v) is 2.60. The normalized spacial score (nSPS) is 10.7. The maximum absolute atomic E-state index is 11.0. The molecule has 0 aliphatic carbocycles. The second-order valence-corrected chi connectivity index (χ2v) is 5.49. The predicted octanol–water partition coefficient (Wildman–Crippen LogP) is 4.03. The van der Waals surface area contributed by atoms with E-state index in [1.54, 1.807) is 19.1 Å². The molecule has 23 heavy (non-hydrogen) atoms. The summed E-state index contributed by atoms with van der Waals surface area (Å²) in [7, 11) is 0. The van der Waals surface area contributed by atoms with Crippen LogP contribution in [0.15, 0.2) is 40.8 Å². The Kier molecular flexibility index (Phi) is 3.70. The largest absolute Gasteiger partial charge is 0.478 e. The minimum absolute atomic E-state index is 0.293. The van der Waals surface area contributed by atoms with Crippen LogP contribution in [-0.2, 0) is 0 Å². The van der Waals surface area contributed by atoms with Crippen LogP contribution in [0.2, 0.25) is 0 Å². The van der Waals surface area contributed by atoms with Crippen LogP contribution in [0, 0.1) is 20.8 Å². The molecule has 0 aliphatic heterocycles. The van der Waals surface area contributed by atoms with Gasteiger partial charge < -0.3 is 9.52 Å². The van der Waals surface area contributed by atoms with Gasteiger partial charge in [-0.2, -0.15) is 0 Å². The molecule has 0 spiro atoms. The number of carboxylic acids is 1. The summed E-state index contributed by atoms with van der Waals surface area (Å²) < 4.78 is 5.47. The number of hydrogen-bond donors (Lipinski definition) is 1. The topological polar surface area (TPSA) is 76.2 Å². The third-order valence-corrected chi connectivity index (χ3v) is 3.77. The molecule has 1 heterocycles. The van der Waals surface area contributed by atoms with Gasteiger partial charge in [-0.1, -0.05) is 18.2 Å². The molecule has 0 atom stereocenters. The molecule has 3 aromatic rings. The van der Waals surface area contributed by atoms with E-state index in [9.17, 15) is 4.79 Å². The van der Waals surface area contributed by atoms with Crippen molar-refractivity contribution in [2.75, 3.05) is 0 Å². The molecular formula is C18H16N2O3. The molecule has 0 bridgehead atoms. The molecule has 0 fully saturated rings. The highest BCUT2D eigenvalue weighted by Crippen LogP contribution is 2.30. The number of carbonyl (C=O) groups is 1. The van der Waals surface area contributed by atoms with Crippen molar-refractivity contribution in [2.45, 2.75) is 20.8 Å². The Bertz CT molecular complexity index is 897. The van der Waals surface area contributed by atoms with E-state index < -0.39 is 5.97 Å². The van der Waals surface area contributed by atoms with Crippen LogP contribution in [0.25, 0.3) is 22.6 Å². The molecular weight excluding hydrogens is 292 g/mol. The van der Waals surface area contributed by atoms with Gasteiger partial charge in [0.1, 0.15) is 0 Å². The smallest absolute Gasteiger partial charge is 0.335 e. The third kappa shape index (κ3) is 2.85. The minimum atomic E-state index is -0.919. The van der Waals surface area contributed by atoms with E-state index in [0.717, 1.165) is 27.8 Å². The molecule has 0 amide bonds. The fourth-order valence-electron chi connectivity index (χ4n) is 2.60. The SMILES string of the molecule is Cc1nnc(-c2ccc(-c3ccc(C(=O)O)cc3C)cc2C)o1. The summed E-state index contributed by atoms with van der Waals surface area (Å²) in [6.45, 7) is 5.65. The zero-order valence-corrected chi connectivity index (χ0v) is 13.1. The Labute approximate surface area is 133 Å². The standard InChI is InChI=1S/C18H16N2O3/c1-10-9-14(18(21)22)5-6-15(10)13-4-7-16(11(2)8-13)17-20-19-12(3)23-17/h4-9H,1-3H3,(H,21,22). The highest BCUT2D eigenvalue weighted by molar-refractivity contribution is 5.89. The van der Waals surface area contributed by atoms with Crippen molar-refractivity contribution in [1.82, 2.24) is 10.2 Å². The first-order valence-electron chi connectivity index (χ1n) is 7.21. The van der Waals surface area contributed by atoms with E-state index in [2.05, 4.69) is 10.2 Å². The molecule has 1 N–H and O–H groups in total. The lowest BCUT2D eigenvalue weighted by Crippen LogP contribution is -1.97. The number of aryl methyl sites for hydroxylation is 3. The summed E-state index contributed by atoms with van der Waals surface area (Å²) in [6, 6.07) is 11.1. The predicted molar refractivity (Wildman–Crippen MR) is 86.3 cm³/mol. The number of carboxylic acid groups (broad SMARTS) is 1. The maximum atomic E-state index is 11.0. The Morgan fingerprint density at radius 3 is 2.22 bits per heavy atom. The van der Waals surface area contributed by atoms with Gasteiger partial charge in [0.15, 0.2) is 0 Å². The van der Waals surface area contributed by atoms with Crippen LogP contribution in [0.5, 0.6) is 0 Å². The fraction of sp³-hybridized carbons (Fsp3) is 0.167. The molecule has 0 unspecified atom stereocenters. The van der Waals surface area contributed by atoms with E-state index in [1.165, 1.54) is 0 Å². The molecule has 0 radical (unpaired) electrons. The van der Waals surface area contributed by atoms with Gasteiger partial charge in [0.2, 0.25) is 11.8 Å². The van der Waals surface area contributed by atoms with E-state index >= 15 is 0 Å². The lowest BCUT2D eigenvalue weighted by Gasteiger charge is -2.10.